The fraction of sp³-hybridized carbons (Fsp3) is 0.200. The van der Waals surface area contributed by atoms with Crippen molar-refractivity contribution in [1.82, 2.24) is 15.5 Å². The minimum Gasteiger partial charge on any atom is -0.497 e. The van der Waals surface area contributed by atoms with E-state index in [1.165, 1.54) is 0 Å². The summed E-state index contributed by atoms with van der Waals surface area (Å²) in [7, 11) is 1.59. The molecule has 30 heavy (non-hydrogen) atoms. The molecular weight excluding hydrogens is 428 g/mol. The second kappa shape index (κ2) is 10.0. The number of ether oxygens (including phenoxy) is 2. The maximum absolute atomic E-state index is 12.0. The van der Waals surface area contributed by atoms with Gasteiger partial charge in [-0.05, 0) is 49.5 Å². The van der Waals surface area contributed by atoms with Gasteiger partial charge < -0.3 is 24.6 Å². The monoisotopic (exact) mass is 446 g/mol. The normalized spacial score (nSPS) is 10.4. The van der Waals surface area contributed by atoms with E-state index in [-0.39, 0.29) is 18.7 Å². The summed E-state index contributed by atoms with van der Waals surface area (Å²) in [5.41, 5.74) is 1.62. The third-order valence-electron chi connectivity index (χ3n) is 3.92. The van der Waals surface area contributed by atoms with E-state index in [1.807, 2.05) is 24.3 Å². The summed E-state index contributed by atoms with van der Waals surface area (Å²) in [5.74, 6) is 1.01. The molecule has 0 unspecified atom stereocenters. The fourth-order valence-electron chi connectivity index (χ4n) is 2.51. The van der Waals surface area contributed by atoms with E-state index in [4.69, 9.17) is 37.8 Å². The zero-order valence-corrected chi connectivity index (χ0v) is 17.8. The lowest BCUT2D eigenvalue weighted by Crippen LogP contribution is -2.28. The van der Waals surface area contributed by atoms with Crippen molar-refractivity contribution in [1.29, 1.82) is 0 Å². The summed E-state index contributed by atoms with van der Waals surface area (Å²) in [6.07, 6.45) is 0. The highest BCUT2D eigenvalue weighted by Crippen LogP contribution is 2.22. The van der Waals surface area contributed by atoms with Crippen LogP contribution in [0.4, 0.5) is 5.69 Å². The van der Waals surface area contributed by atoms with E-state index in [9.17, 15) is 4.79 Å². The molecule has 0 bridgehead atoms. The minimum atomic E-state index is -0.499. The van der Waals surface area contributed by atoms with Crippen LogP contribution < -0.4 is 15.4 Å². The van der Waals surface area contributed by atoms with E-state index in [0.717, 1.165) is 5.56 Å². The van der Waals surface area contributed by atoms with Crippen molar-refractivity contribution in [2.24, 2.45) is 0 Å². The number of hydrogen-bond acceptors (Lipinski definition) is 7. The van der Waals surface area contributed by atoms with E-state index in [1.54, 1.807) is 32.2 Å². The van der Waals surface area contributed by atoms with Gasteiger partial charge in [0.1, 0.15) is 5.75 Å². The molecule has 0 atom stereocenters. The molecule has 0 saturated carbocycles. The van der Waals surface area contributed by atoms with Gasteiger partial charge in [-0.15, -0.1) is 0 Å². The van der Waals surface area contributed by atoms with Crippen molar-refractivity contribution < 1.29 is 18.8 Å². The molecule has 0 amide bonds. The molecule has 0 aliphatic carbocycles. The van der Waals surface area contributed by atoms with Crippen LogP contribution in [0.15, 0.2) is 47.0 Å². The van der Waals surface area contributed by atoms with Gasteiger partial charge >= 0.3 is 5.97 Å². The number of carbonyl (C=O) groups is 1. The summed E-state index contributed by atoms with van der Waals surface area (Å²) < 4.78 is 15.4. The number of anilines is 1. The Balaban J connectivity index is 1.59. The Labute approximate surface area is 183 Å². The number of hydrogen-bond donors (Lipinski definition) is 2. The number of aromatic nitrogens is 2. The summed E-state index contributed by atoms with van der Waals surface area (Å²) in [5, 5.41) is 10.5. The Morgan fingerprint density at radius 3 is 2.87 bits per heavy atom. The molecular formula is C20H19ClN4O4S. The van der Waals surface area contributed by atoms with Gasteiger partial charge in [0.25, 0.3) is 0 Å². The minimum absolute atomic E-state index is 0.223. The van der Waals surface area contributed by atoms with Gasteiger partial charge in [0, 0.05) is 11.3 Å². The highest BCUT2D eigenvalue weighted by atomic mass is 35.5. The Kier molecular flexibility index (Phi) is 7.21. The quantitative estimate of drug-likeness (QED) is 0.411. The van der Waals surface area contributed by atoms with Gasteiger partial charge in [-0.2, -0.15) is 4.98 Å². The predicted molar refractivity (Wildman–Crippen MR) is 117 cm³/mol. The maximum Gasteiger partial charge on any atom is 0.339 e. The molecule has 1 aromatic heterocycles. The van der Waals surface area contributed by atoms with E-state index >= 15 is 0 Å². The highest BCUT2D eigenvalue weighted by molar-refractivity contribution is 7.80. The predicted octanol–water partition coefficient (Wildman–Crippen LogP) is 4.06. The van der Waals surface area contributed by atoms with Crippen LogP contribution in [0.3, 0.4) is 0 Å². The van der Waals surface area contributed by atoms with Gasteiger partial charge in [0.15, 0.2) is 5.11 Å². The fourth-order valence-corrected chi connectivity index (χ4v) is 2.89. The Bertz CT molecular complexity index is 1060. The molecule has 1 heterocycles. The molecule has 0 spiro atoms. The number of benzene rings is 2. The summed E-state index contributed by atoms with van der Waals surface area (Å²) in [6.45, 7) is 2.21. The van der Waals surface area contributed by atoms with Gasteiger partial charge in [0.05, 0.1) is 30.8 Å². The van der Waals surface area contributed by atoms with E-state index in [2.05, 4.69) is 20.8 Å². The molecule has 8 nitrogen and oxygen atoms in total. The SMILES string of the molecule is CCOC(=O)c1cc(NC(=S)NCc2nc(-c3cccc(OC)c3)no2)ccc1Cl. The molecule has 0 fully saturated rings. The first-order valence-corrected chi connectivity index (χ1v) is 9.77. The average molecular weight is 447 g/mol. The van der Waals surface area contributed by atoms with Crippen LogP contribution in [0.2, 0.25) is 5.02 Å². The van der Waals surface area contributed by atoms with Crippen LogP contribution in [-0.2, 0) is 11.3 Å². The zero-order chi connectivity index (χ0) is 21.5. The number of halogens is 1. The van der Waals surface area contributed by atoms with Gasteiger partial charge in [-0.1, -0.05) is 28.9 Å². The van der Waals surface area contributed by atoms with Gasteiger partial charge in [-0.25, -0.2) is 4.79 Å². The molecule has 0 aliphatic heterocycles. The molecule has 0 radical (unpaired) electrons. The summed E-state index contributed by atoms with van der Waals surface area (Å²) in [6, 6.07) is 12.2. The number of esters is 1. The van der Waals surface area contributed by atoms with E-state index < -0.39 is 5.97 Å². The lowest BCUT2D eigenvalue weighted by molar-refractivity contribution is 0.0526. The average Bonchev–Trinajstić information content (AvgIpc) is 3.23. The molecule has 10 heteroatoms. The smallest absolute Gasteiger partial charge is 0.339 e. The lowest BCUT2D eigenvalue weighted by Gasteiger charge is -2.11. The third-order valence-corrected chi connectivity index (χ3v) is 4.49. The summed E-state index contributed by atoms with van der Waals surface area (Å²) in [4.78, 5) is 16.3. The van der Waals surface area contributed by atoms with E-state index in [0.29, 0.717) is 33.3 Å². The topological polar surface area (TPSA) is 98.5 Å². The molecule has 3 aromatic rings. The van der Waals surface area contributed by atoms with Crippen molar-refractivity contribution in [3.8, 4) is 17.1 Å². The number of nitrogens with zero attached hydrogens (tertiary/aromatic N) is 2. The van der Waals surface area contributed by atoms with Crippen LogP contribution in [0, 0.1) is 0 Å². The summed E-state index contributed by atoms with van der Waals surface area (Å²) >= 11 is 11.3. The standard InChI is InChI=1S/C20H19ClN4O4S/c1-3-28-19(26)15-10-13(7-8-16(15)21)23-20(30)22-11-17-24-18(25-29-17)12-5-4-6-14(9-12)27-2/h4-10H,3,11H2,1-2H3,(H2,22,23,30). The largest absolute Gasteiger partial charge is 0.497 e. The molecule has 0 saturated heterocycles. The van der Waals surface area contributed by atoms with Crippen molar-refractivity contribution in [2.75, 3.05) is 19.0 Å². The van der Waals surface area contributed by atoms with Crippen LogP contribution in [0.5, 0.6) is 5.75 Å². The molecule has 156 valence electrons. The number of nitrogens with one attached hydrogen (secondary N) is 2. The van der Waals surface area contributed by atoms with Crippen LogP contribution in [0.25, 0.3) is 11.4 Å². The first-order chi connectivity index (χ1) is 14.5. The Morgan fingerprint density at radius 2 is 2.10 bits per heavy atom. The Morgan fingerprint density at radius 1 is 1.27 bits per heavy atom. The van der Waals surface area contributed by atoms with Gasteiger partial charge in [0.2, 0.25) is 11.7 Å². The Hall–Kier alpha value is -3.17. The molecule has 2 aromatic carbocycles. The van der Waals surface area contributed by atoms with Crippen molar-refractivity contribution in [2.45, 2.75) is 13.5 Å². The van der Waals surface area contributed by atoms with Crippen molar-refractivity contribution in [3.05, 3.63) is 58.9 Å². The zero-order valence-electron chi connectivity index (χ0n) is 16.3. The first-order valence-electron chi connectivity index (χ1n) is 8.98. The molecule has 0 aliphatic rings. The van der Waals surface area contributed by atoms with Crippen LogP contribution >= 0.6 is 23.8 Å². The second-order valence-corrected chi connectivity index (χ2v) is 6.78. The maximum atomic E-state index is 12.0. The first kappa shape index (κ1) is 21.5. The number of carbonyl (C=O) groups excluding carboxylic acids is 1. The number of thiocarbonyl (C=S) groups is 1. The number of methoxy groups -OCH3 is 1. The van der Waals surface area contributed by atoms with Crippen molar-refractivity contribution in [3.63, 3.8) is 0 Å². The lowest BCUT2D eigenvalue weighted by atomic mass is 10.2. The molecule has 3 rings (SSSR count). The highest BCUT2D eigenvalue weighted by Gasteiger charge is 2.13. The van der Waals surface area contributed by atoms with Crippen LogP contribution in [0.1, 0.15) is 23.2 Å². The van der Waals surface area contributed by atoms with Crippen LogP contribution in [-0.4, -0.2) is 34.9 Å². The molecule has 2 N–H and O–H groups in total. The van der Waals surface area contributed by atoms with Gasteiger partial charge in [-0.3, -0.25) is 0 Å². The number of rotatable bonds is 7. The third kappa shape index (κ3) is 5.46. The van der Waals surface area contributed by atoms with Crippen molar-refractivity contribution >= 4 is 40.6 Å². The second-order valence-electron chi connectivity index (χ2n) is 5.97.